The van der Waals surface area contributed by atoms with Crippen molar-refractivity contribution >= 4 is 11.8 Å². The highest BCUT2D eigenvalue weighted by molar-refractivity contribution is 5.97. The quantitative estimate of drug-likeness (QED) is 0.416. The number of carbonyl (C=O) groups is 2. The number of rotatable bonds is 8. The molecule has 0 saturated heterocycles. The van der Waals surface area contributed by atoms with Crippen LogP contribution in [0.3, 0.4) is 0 Å². The van der Waals surface area contributed by atoms with E-state index in [2.05, 4.69) is 0 Å². The van der Waals surface area contributed by atoms with Crippen molar-refractivity contribution in [3.8, 4) is 17.2 Å². The summed E-state index contributed by atoms with van der Waals surface area (Å²) in [6, 6.07) is 3.21. The Morgan fingerprint density at radius 1 is 1.05 bits per heavy atom. The van der Waals surface area contributed by atoms with E-state index in [4.69, 9.17) is 18.9 Å². The Morgan fingerprint density at radius 2 is 1.62 bits per heavy atom. The smallest absolute Gasteiger partial charge is 0.302 e. The molecule has 0 unspecified atom stereocenters. The van der Waals surface area contributed by atoms with Gasteiger partial charge in [0.05, 0.1) is 14.2 Å². The molecular weight excluding hydrogens is 276 g/mol. The van der Waals surface area contributed by atoms with E-state index in [1.165, 1.54) is 21.1 Å². The van der Waals surface area contributed by atoms with Crippen LogP contribution in [-0.2, 0) is 9.53 Å². The summed E-state index contributed by atoms with van der Waals surface area (Å²) >= 11 is 0. The van der Waals surface area contributed by atoms with E-state index < -0.39 is 0 Å². The minimum absolute atomic E-state index is 0.0157. The van der Waals surface area contributed by atoms with Crippen LogP contribution in [0.2, 0.25) is 0 Å². The summed E-state index contributed by atoms with van der Waals surface area (Å²) in [6.07, 6.45) is 0.388. The molecule has 0 atom stereocenters. The molecule has 116 valence electrons. The maximum absolute atomic E-state index is 11.8. The summed E-state index contributed by atoms with van der Waals surface area (Å²) in [5.41, 5.74) is 0.499. The topological polar surface area (TPSA) is 71.1 Å². The lowest BCUT2D eigenvalue weighted by Crippen LogP contribution is -2.11. The van der Waals surface area contributed by atoms with Gasteiger partial charge in [-0.3, -0.25) is 9.59 Å². The summed E-state index contributed by atoms with van der Waals surface area (Å²) < 4.78 is 20.8. The first kappa shape index (κ1) is 16.8. The molecule has 21 heavy (non-hydrogen) atoms. The number of benzene rings is 1. The van der Waals surface area contributed by atoms with Gasteiger partial charge in [0, 0.05) is 18.9 Å². The molecule has 6 heteroatoms. The Bertz CT molecular complexity index is 484. The number of esters is 1. The van der Waals surface area contributed by atoms with Crippen molar-refractivity contribution in [3.05, 3.63) is 17.7 Å². The van der Waals surface area contributed by atoms with Crippen LogP contribution in [0.4, 0.5) is 0 Å². The predicted octanol–water partition coefficient (Wildman–Crippen LogP) is 2.24. The SMILES string of the molecule is CCC(=O)c1cc(OC)c(OCCOC(C)=O)c(OC)c1. The minimum Gasteiger partial charge on any atom is -0.493 e. The third-order valence-electron chi connectivity index (χ3n) is 2.74. The van der Waals surface area contributed by atoms with Crippen molar-refractivity contribution in [1.29, 1.82) is 0 Å². The molecule has 0 N–H and O–H groups in total. The number of ether oxygens (including phenoxy) is 4. The molecule has 6 nitrogen and oxygen atoms in total. The van der Waals surface area contributed by atoms with Gasteiger partial charge in [-0.25, -0.2) is 0 Å². The van der Waals surface area contributed by atoms with Crippen LogP contribution < -0.4 is 14.2 Å². The van der Waals surface area contributed by atoms with Crippen molar-refractivity contribution in [2.45, 2.75) is 20.3 Å². The van der Waals surface area contributed by atoms with Gasteiger partial charge in [-0.05, 0) is 12.1 Å². The summed E-state index contributed by atoms with van der Waals surface area (Å²) in [5, 5.41) is 0. The van der Waals surface area contributed by atoms with E-state index in [0.29, 0.717) is 29.2 Å². The molecule has 0 fully saturated rings. The number of methoxy groups -OCH3 is 2. The Morgan fingerprint density at radius 3 is 2.05 bits per heavy atom. The first-order chi connectivity index (χ1) is 10.0. The van der Waals surface area contributed by atoms with E-state index in [9.17, 15) is 9.59 Å². The monoisotopic (exact) mass is 296 g/mol. The fourth-order valence-corrected chi connectivity index (χ4v) is 1.72. The van der Waals surface area contributed by atoms with Crippen molar-refractivity contribution < 1.29 is 28.5 Å². The Balaban J connectivity index is 2.95. The van der Waals surface area contributed by atoms with Crippen molar-refractivity contribution in [3.63, 3.8) is 0 Å². The number of carbonyl (C=O) groups excluding carboxylic acids is 2. The fraction of sp³-hybridized carbons (Fsp3) is 0.467. The van der Waals surface area contributed by atoms with E-state index in [1.54, 1.807) is 19.1 Å². The molecule has 0 radical (unpaired) electrons. The number of ketones is 1. The maximum atomic E-state index is 11.8. The molecule has 0 aliphatic carbocycles. The van der Waals surface area contributed by atoms with Crippen LogP contribution in [0.1, 0.15) is 30.6 Å². The lowest BCUT2D eigenvalue weighted by Gasteiger charge is -2.15. The van der Waals surface area contributed by atoms with Crippen LogP contribution >= 0.6 is 0 Å². The third kappa shape index (κ3) is 4.66. The standard InChI is InChI=1S/C15H20O6/c1-5-12(17)11-8-13(18-3)15(14(9-11)19-4)21-7-6-20-10(2)16/h8-9H,5-7H2,1-4H3. The van der Waals surface area contributed by atoms with E-state index >= 15 is 0 Å². The second-order valence-corrected chi connectivity index (χ2v) is 4.18. The van der Waals surface area contributed by atoms with E-state index in [1.807, 2.05) is 0 Å². The van der Waals surface area contributed by atoms with Crippen LogP contribution in [0.25, 0.3) is 0 Å². The van der Waals surface area contributed by atoms with Crippen LogP contribution in [0.15, 0.2) is 12.1 Å². The first-order valence-electron chi connectivity index (χ1n) is 6.58. The zero-order valence-electron chi connectivity index (χ0n) is 12.7. The molecule has 0 saturated carbocycles. The highest BCUT2D eigenvalue weighted by Gasteiger charge is 2.17. The molecule has 0 aromatic heterocycles. The van der Waals surface area contributed by atoms with Gasteiger partial charge in [0.2, 0.25) is 5.75 Å². The van der Waals surface area contributed by atoms with Gasteiger partial charge in [-0.2, -0.15) is 0 Å². The molecule has 0 bridgehead atoms. The summed E-state index contributed by atoms with van der Waals surface area (Å²) in [7, 11) is 2.96. The van der Waals surface area contributed by atoms with Crippen molar-refractivity contribution in [2.75, 3.05) is 27.4 Å². The van der Waals surface area contributed by atoms with Gasteiger partial charge in [0.1, 0.15) is 13.2 Å². The van der Waals surface area contributed by atoms with Gasteiger partial charge >= 0.3 is 5.97 Å². The Kier molecular flexibility index (Phi) is 6.52. The first-order valence-corrected chi connectivity index (χ1v) is 6.58. The molecule has 0 heterocycles. The molecule has 0 spiro atoms. The second-order valence-electron chi connectivity index (χ2n) is 4.18. The molecule has 0 amide bonds. The molecule has 0 aliphatic rings. The predicted molar refractivity (Wildman–Crippen MR) is 76.3 cm³/mol. The number of Topliss-reactive ketones (excluding diaryl/α,β-unsaturated/α-hetero) is 1. The molecule has 1 aromatic rings. The lowest BCUT2D eigenvalue weighted by molar-refractivity contribution is -0.141. The third-order valence-corrected chi connectivity index (χ3v) is 2.74. The average Bonchev–Trinajstić information content (AvgIpc) is 2.49. The number of hydrogen-bond donors (Lipinski definition) is 0. The summed E-state index contributed by atoms with van der Waals surface area (Å²) in [5.74, 6) is 0.780. The lowest BCUT2D eigenvalue weighted by atomic mass is 10.1. The average molecular weight is 296 g/mol. The minimum atomic E-state index is -0.374. The van der Waals surface area contributed by atoms with Crippen LogP contribution in [0.5, 0.6) is 17.2 Å². The molecular formula is C15H20O6. The van der Waals surface area contributed by atoms with Crippen molar-refractivity contribution in [2.24, 2.45) is 0 Å². The van der Waals surface area contributed by atoms with Gasteiger partial charge in [-0.1, -0.05) is 6.92 Å². The summed E-state index contributed by atoms with van der Waals surface area (Å²) in [6.45, 7) is 3.39. The Labute approximate surface area is 123 Å². The zero-order valence-corrected chi connectivity index (χ0v) is 12.7. The summed E-state index contributed by atoms with van der Waals surface area (Å²) in [4.78, 5) is 22.5. The van der Waals surface area contributed by atoms with Crippen LogP contribution in [-0.4, -0.2) is 39.2 Å². The van der Waals surface area contributed by atoms with Gasteiger partial charge in [0.15, 0.2) is 17.3 Å². The van der Waals surface area contributed by atoms with E-state index in [0.717, 1.165) is 0 Å². The van der Waals surface area contributed by atoms with Gasteiger partial charge in [-0.15, -0.1) is 0 Å². The van der Waals surface area contributed by atoms with E-state index in [-0.39, 0.29) is 25.0 Å². The van der Waals surface area contributed by atoms with Crippen molar-refractivity contribution in [1.82, 2.24) is 0 Å². The number of hydrogen-bond acceptors (Lipinski definition) is 6. The molecule has 1 aromatic carbocycles. The molecule has 0 aliphatic heterocycles. The van der Waals surface area contributed by atoms with Crippen LogP contribution in [0, 0.1) is 0 Å². The maximum Gasteiger partial charge on any atom is 0.302 e. The molecule has 1 rings (SSSR count). The second kappa shape index (κ2) is 8.14. The Hall–Kier alpha value is -2.24. The fourth-order valence-electron chi connectivity index (χ4n) is 1.72. The zero-order chi connectivity index (χ0) is 15.8. The normalized spacial score (nSPS) is 9.90. The largest absolute Gasteiger partial charge is 0.493 e. The highest BCUT2D eigenvalue weighted by Crippen LogP contribution is 2.38. The van der Waals surface area contributed by atoms with Gasteiger partial charge < -0.3 is 18.9 Å². The van der Waals surface area contributed by atoms with Gasteiger partial charge in [0.25, 0.3) is 0 Å². The highest BCUT2D eigenvalue weighted by atomic mass is 16.6.